The van der Waals surface area contributed by atoms with Gasteiger partial charge in [0.2, 0.25) is 5.79 Å². The summed E-state index contributed by atoms with van der Waals surface area (Å²) >= 11 is 0. The highest BCUT2D eigenvalue weighted by Crippen LogP contribution is 2.27. The summed E-state index contributed by atoms with van der Waals surface area (Å²) in [5.41, 5.74) is 0. The lowest BCUT2D eigenvalue weighted by atomic mass is 9.97. The molecule has 1 aliphatic rings. The smallest absolute Gasteiger partial charge is 0.221 e. The first kappa shape index (κ1) is 13.8. The summed E-state index contributed by atoms with van der Waals surface area (Å²) in [4.78, 5) is 0. The maximum atomic E-state index is 9.74. The third-order valence-electron chi connectivity index (χ3n) is 2.73. The van der Waals surface area contributed by atoms with E-state index in [1.165, 1.54) is 0 Å². The van der Waals surface area contributed by atoms with E-state index in [1.807, 2.05) is 6.92 Å². The fraction of sp³-hybridized carbons (Fsp3) is 1.00. The quantitative estimate of drug-likeness (QED) is 0.438. The Hall–Kier alpha value is -0.240. The second kappa shape index (κ2) is 5.90. The Morgan fingerprint density at radius 3 is 2.62 bits per heavy atom. The van der Waals surface area contributed by atoms with Gasteiger partial charge in [-0.25, -0.2) is 0 Å². The van der Waals surface area contributed by atoms with Crippen molar-refractivity contribution < 1.29 is 29.9 Å². The predicted molar refractivity (Wildman–Crippen MR) is 54.6 cm³/mol. The summed E-state index contributed by atoms with van der Waals surface area (Å²) in [6.45, 7) is 1.55. The van der Waals surface area contributed by atoms with Crippen molar-refractivity contribution in [1.29, 1.82) is 0 Å². The van der Waals surface area contributed by atoms with Crippen LogP contribution < -0.4 is 0 Å². The number of hydrogen-bond acceptors (Lipinski definition) is 6. The van der Waals surface area contributed by atoms with Crippen molar-refractivity contribution in [3.8, 4) is 0 Å². The minimum Gasteiger partial charge on any atom is -0.391 e. The zero-order valence-electron chi connectivity index (χ0n) is 9.37. The van der Waals surface area contributed by atoms with Gasteiger partial charge in [0.25, 0.3) is 0 Å². The first-order valence-electron chi connectivity index (χ1n) is 5.50. The largest absolute Gasteiger partial charge is 0.391 e. The molecular weight excluding hydrogens is 216 g/mol. The molecule has 0 amide bonds. The summed E-state index contributed by atoms with van der Waals surface area (Å²) in [5.74, 6) is -1.62. The van der Waals surface area contributed by atoms with Gasteiger partial charge < -0.3 is 29.9 Å². The molecule has 0 aromatic heterocycles. The molecule has 0 radical (unpaired) electrons. The number of ether oxygens (including phenoxy) is 2. The highest BCUT2D eigenvalue weighted by Gasteiger charge is 2.50. The molecule has 0 aliphatic carbocycles. The number of hydrogen-bond donors (Lipinski definition) is 4. The lowest BCUT2D eigenvalue weighted by Crippen LogP contribution is -2.63. The molecule has 0 saturated carbocycles. The van der Waals surface area contributed by atoms with E-state index in [0.717, 1.165) is 12.8 Å². The van der Waals surface area contributed by atoms with E-state index in [2.05, 4.69) is 0 Å². The maximum Gasteiger partial charge on any atom is 0.221 e. The number of aliphatic hydroxyl groups excluding tert-OH is 4. The Kier molecular flexibility index (Phi) is 5.10. The van der Waals surface area contributed by atoms with Gasteiger partial charge in [-0.1, -0.05) is 13.3 Å². The topological polar surface area (TPSA) is 99.4 Å². The van der Waals surface area contributed by atoms with E-state index >= 15 is 0 Å². The molecule has 0 spiro atoms. The first-order chi connectivity index (χ1) is 7.57. The average molecular weight is 236 g/mol. The second-order valence-corrected chi connectivity index (χ2v) is 3.99. The second-order valence-electron chi connectivity index (χ2n) is 3.99. The van der Waals surface area contributed by atoms with Crippen LogP contribution in [0.3, 0.4) is 0 Å². The van der Waals surface area contributed by atoms with Crippen LogP contribution in [0.1, 0.15) is 19.8 Å². The Morgan fingerprint density at radius 2 is 2.06 bits per heavy atom. The summed E-state index contributed by atoms with van der Waals surface area (Å²) in [6.07, 6.45) is -2.33. The zero-order valence-corrected chi connectivity index (χ0v) is 9.37. The van der Waals surface area contributed by atoms with Gasteiger partial charge in [0, 0.05) is 0 Å². The molecule has 16 heavy (non-hydrogen) atoms. The Morgan fingerprint density at radius 1 is 1.38 bits per heavy atom. The van der Waals surface area contributed by atoms with Crippen molar-refractivity contribution in [2.45, 2.75) is 43.9 Å². The molecule has 1 saturated heterocycles. The third kappa shape index (κ3) is 2.71. The average Bonchev–Trinajstić information content (AvgIpc) is 2.30. The summed E-state index contributed by atoms with van der Waals surface area (Å²) < 4.78 is 10.4. The van der Waals surface area contributed by atoms with Crippen molar-refractivity contribution >= 4 is 0 Å². The highest BCUT2D eigenvalue weighted by atomic mass is 16.7. The molecular formula is C10H20O6. The molecule has 0 unspecified atom stereocenters. The molecule has 1 heterocycles. The van der Waals surface area contributed by atoms with Crippen molar-refractivity contribution in [3.05, 3.63) is 0 Å². The maximum absolute atomic E-state index is 9.74. The molecule has 1 fully saturated rings. The van der Waals surface area contributed by atoms with Crippen molar-refractivity contribution in [3.63, 3.8) is 0 Å². The minimum atomic E-state index is -1.62. The van der Waals surface area contributed by atoms with Crippen LogP contribution in [-0.4, -0.2) is 64.3 Å². The molecule has 96 valence electrons. The van der Waals surface area contributed by atoms with Gasteiger partial charge in [-0.3, -0.25) is 0 Å². The number of unbranched alkanes of at least 4 members (excludes halogenated alkanes) is 1. The summed E-state index contributed by atoms with van der Waals surface area (Å²) in [5, 5.41) is 37.7. The molecule has 4 atom stereocenters. The third-order valence-corrected chi connectivity index (χ3v) is 2.73. The molecule has 4 N–H and O–H groups in total. The van der Waals surface area contributed by atoms with Crippen molar-refractivity contribution in [2.75, 3.05) is 19.8 Å². The Labute approximate surface area is 94.4 Å². The number of rotatable bonds is 5. The molecule has 1 aliphatic heterocycles. The van der Waals surface area contributed by atoms with E-state index in [0.29, 0.717) is 6.61 Å². The van der Waals surface area contributed by atoms with E-state index in [4.69, 9.17) is 9.47 Å². The fourth-order valence-electron chi connectivity index (χ4n) is 1.58. The Bertz CT molecular complexity index is 211. The van der Waals surface area contributed by atoms with Crippen LogP contribution in [0.25, 0.3) is 0 Å². The SMILES string of the molecule is CCCCO[C@@]1(CO)OC[C@H](O)[C@H](O)[C@H]1O. The normalized spacial score (nSPS) is 39.9. The van der Waals surface area contributed by atoms with Crippen LogP contribution in [-0.2, 0) is 9.47 Å². The summed E-state index contributed by atoms with van der Waals surface area (Å²) in [6, 6.07) is 0. The predicted octanol–water partition coefficient (Wildman–Crippen LogP) is -1.40. The van der Waals surface area contributed by atoms with Gasteiger partial charge >= 0.3 is 0 Å². The molecule has 0 aromatic rings. The van der Waals surface area contributed by atoms with Crippen LogP contribution >= 0.6 is 0 Å². The first-order valence-corrected chi connectivity index (χ1v) is 5.50. The monoisotopic (exact) mass is 236 g/mol. The van der Waals surface area contributed by atoms with E-state index in [9.17, 15) is 20.4 Å². The van der Waals surface area contributed by atoms with E-state index in [1.54, 1.807) is 0 Å². The molecule has 6 nitrogen and oxygen atoms in total. The van der Waals surface area contributed by atoms with Gasteiger partial charge in [-0.2, -0.15) is 0 Å². The van der Waals surface area contributed by atoms with Crippen LogP contribution in [0.15, 0.2) is 0 Å². The Balaban J connectivity index is 2.63. The van der Waals surface area contributed by atoms with Crippen molar-refractivity contribution in [2.24, 2.45) is 0 Å². The van der Waals surface area contributed by atoms with E-state index < -0.39 is 30.7 Å². The number of aliphatic hydroxyl groups is 4. The van der Waals surface area contributed by atoms with Crippen LogP contribution in [0.5, 0.6) is 0 Å². The zero-order chi connectivity index (χ0) is 12.2. The molecule has 0 aromatic carbocycles. The van der Waals surface area contributed by atoms with Gasteiger partial charge in [-0.15, -0.1) is 0 Å². The standard InChI is InChI=1S/C10H20O6/c1-2-3-4-15-10(6-11)9(14)8(13)7(12)5-16-10/h7-9,11-14H,2-6H2,1H3/t7-,8-,9+,10-/m0/s1. The van der Waals surface area contributed by atoms with E-state index in [-0.39, 0.29) is 6.61 Å². The highest BCUT2D eigenvalue weighted by molar-refractivity contribution is 4.92. The van der Waals surface area contributed by atoms with Crippen molar-refractivity contribution in [1.82, 2.24) is 0 Å². The van der Waals surface area contributed by atoms with Crippen LogP contribution in [0.4, 0.5) is 0 Å². The lowest BCUT2D eigenvalue weighted by molar-refractivity contribution is -0.348. The van der Waals surface area contributed by atoms with Crippen LogP contribution in [0.2, 0.25) is 0 Å². The lowest BCUT2D eigenvalue weighted by Gasteiger charge is -2.43. The molecule has 1 rings (SSSR count). The fourth-order valence-corrected chi connectivity index (χ4v) is 1.58. The minimum absolute atomic E-state index is 0.176. The van der Waals surface area contributed by atoms with Gasteiger partial charge in [0.15, 0.2) is 0 Å². The molecule has 6 heteroatoms. The summed E-state index contributed by atoms with van der Waals surface area (Å²) in [7, 11) is 0. The van der Waals surface area contributed by atoms with Gasteiger partial charge in [0.05, 0.1) is 13.2 Å². The van der Waals surface area contributed by atoms with Gasteiger partial charge in [-0.05, 0) is 6.42 Å². The van der Waals surface area contributed by atoms with Gasteiger partial charge in [0.1, 0.15) is 24.9 Å². The van der Waals surface area contributed by atoms with Crippen LogP contribution in [0, 0.1) is 0 Å². The molecule has 0 bridgehead atoms.